The number of rotatable bonds is 4. The molecule has 0 aliphatic carbocycles. The highest BCUT2D eigenvalue weighted by atomic mass is 16.6. The van der Waals surface area contributed by atoms with Gasteiger partial charge < -0.3 is 14.8 Å². The number of carbonyl (C=O) groups is 2. The molecule has 0 spiro atoms. The summed E-state index contributed by atoms with van der Waals surface area (Å²) in [6.45, 7) is 6.56. The number of hydrogen-bond acceptors (Lipinski definition) is 5. The van der Waals surface area contributed by atoms with Gasteiger partial charge in [0, 0.05) is 4.91 Å². The average molecular weight is 258 g/mol. The van der Waals surface area contributed by atoms with Crippen molar-refractivity contribution in [1.82, 2.24) is 5.32 Å². The van der Waals surface area contributed by atoms with Crippen LogP contribution in [0.4, 0.5) is 4.79 Å². The molecule has 0 fully saturated rings. The first-order valence-corrected chi connectivity index (χ1v) is 5.33. The summed E-state index contributed by atoms with van der Waals surface area (Å²) in [5.74, 6) is -0.708. The maximum Gasteiger partial charge on any atom is 0.408 e. The molecule has 0 aliphatic rings. The highest BCUT2D eigenvalue weighted by Gasteiger charge is 2.29. The van der Waals surface area contributed by atoms with Crippen LogP contribution in [0.25, 0.3) is 10.4 Å². The predicted molar refractivity (Wildman–Crippen MR) is 63.8 cm³/mol. The minimum absolute atomic E-state index is 0.688. The van der Waals surface area contributed by atoms with Gasteiger partial charge in [-0.3, -0.25) is 0 Å². The molecule has 0 rings (SSSR count). The molecule has 0 saturated carbocycles. The molecule has 0 saturated heterocycles. The maximum atomic E-state index is 11.5. The lowest BCUT2D eigenvalue weighted by atomic mass is 10.1. The predicted octanol–water partition coefficient (Wildman–Crippen LogP) is 1.75. The molecule has 2 unspecified atom stereocenters. The first-order valence-electron chi connectivity index (χ1n) is 5.33. The molecule has 18 heavy (non-hydrogen) atoms. The second-order valence-corrected chi connectivity index (χ2v) is 4.59. The normalized spacial score (nSPS) is 13.8. The fourth-order valence-electron chi connectivity index (χ4n) is 1.09. The Morgan fingerprint density at radius 3 is 2.33 bits per heavy atom. The number of nitrogens with zero attached hydrogens (tertiary/aromatic N) is 3. The standard InChI is InChI=1S/C10H18N4O4/c1-6(13-14-11)7(8(15)17-5)12-9(16)18-10(2,3)4/h6-7H,1-5H3,(H,12,16). The maximum absolute atomic E-state index is 11.5. The van der Waals surface area contributed by atoms with E-state index in [1.54, 1.807) is 20.8 Å². The van der Waals surface area contributed by atoms with Gasteiger partial charge in [0.05, 0.1) is 13.2 Å². The van der Waals surface area contributed by atoms with E-state index < -0.39 is 29.7 Å². The summed E-state index contributed by atoms with van der Waals surface area (Å²) in [7, 11) is 1.18. The molecule has 2 atom stereocenters. The van der Waals surface area contributed by atoms with E-state index in [9.17, 15) is 9.59 Å². The van der Waals surface area contributed by atoms with Gasteiger partial charge in [-0.15, -0.1) is 0 Å². The lowest BCUT2D eigenvalue weighted by Crippen LogP contribution is -2.49. The first-order chi connectivity index (χ1) is 8.21. The van der Waals surface area contributed by atoms with Crippen LogP contribution in [-0.4, -0.2) is 36.9 Å². The smallest absolute Gasteiger partial charge is 0.408 e. The largest absolute Gasteiger partial charge is 0.467 e. The molecule has 8 heteroatoms. The quantitative estimate of drug-likeness (QED) is 0.358. The van der Waals surface area contributed by atoms with Gasteiger partial charge in [-0.1, -0.05) is 12.0 Å². The van der Waals surface area contributed by atoms with Crippen molar-refractivity contribution in [2.24, 2.45) is 5.11 Å². The summed E-state index contributed by atoms with van der Waals surface area (Å²) in [5, 5.41) is 5.66. The SMILES string of the molecule is COC(=O)C(NC(=O)OC(C)(C)C)C(C)N=[N+]=[N-]. The van der Waals surface area contributed by atoms with Crippen molar-refractivity contribution in [1.29, 1.82) is 0 Å². The minimum atomic E-state index is -1.08. The molecule has 0 aliphatic heterocycles. The van der Waals surface area contributed by atoms with Crippen LogP contribution in [0.2, 0.25) is 0 Å². The Kier molecular flexibility index (Phi) is 5.98. The average Bonchev–Trinajstić information content (AvgIpc) is 2.22. The number of esters is 1. The van der Waals surface area contributed by atoms with Crippen LogP contribution in [0.1, 0.15) is 27.7 Å². The van der Waals surface area contributed by atoms with Gasteiger partial charge in [-0.2, -0.15) is 0 Å². The lowest BCUT2D eigenvalue weighted by molar-refractivity contribution is -0.143. The van der Waals surface area contributed by atoms with E-state index in [1.165, 1.54) is 14.0 Å². The number of alkyl carbamates (subject to hydrolysis) is 1. The zero-order valence-electron chi connectivity index (χ0n) is 11.1. The van der Waals surface area contributed by atoms with Gasteiger partial charge in [0.25, 0.3) is 0 Å². The fraction of sp³-hybridized carbons (Fsp3) is 0.800. The lowest BCUT2D eigenvalue weighted by Gasteiger charge is -2.23. The Bertz CT molecular complexity index is 357. The molecule has 8 nitrogen and oxygen atoms in total. The Labute approximate surface area is 105 Å². The monoisotopic (exact) mass is 258 g/mol. The number of nitrogens with one attached hydrogen (secondary N) is 1. The Morgan fingerprint density at radius 2 is 1.94 bits per heavy atom. The Morgan fingerprint density at radius 1 is 1.39 bits per heavy atom. The van der Waals surface area contributed by atoms with Crippen LogP contribution in [0, 0.1) is 0 Å². The van der Waals surface area contributed by atoms with E-state index in [-0.39, 0.29) is 0 Å². The van der Waals surface area contributed by atoms with Crippen LogP contribution >= 0.6 is 0 Å². The van der Waals surface area contributed by atoms with Crippen molar-refractivity contribution < 1.29 is 19.1 Å². The van der Waals surface area contributed by atoms with Gasteiger partial charge in [0.2, 0.25) is 0 Å². The molecular formula is C10H18N4O4. The molecule has 0 aromatic carbocycles. The van der Waals surface area contributed by atoms with E-state index in [2.05, 4.69) is 20.1 Å². The Balaban J connectivity index is 4.75. The summed E-state index contributed by atoms with van der Waals surface area (Å²) < 4.78 is 9.52. The topological polar surface area (TPSA) is 113 Å². The third-order valence-corrected chi connectivity index (χ3v) is 1.84. The second kappa shape index (κ2) is 6.70. The van der Waals surface area contributed by atoms with E-state index in [0.29, 0.717) is 0 Å². The van der Waals surface area contributed by atoms with E-state index in [0.717, 1.165) is 0 Å². The van der Waals surface area contributed by atoms with Crippen molar-refractivity contribution in [2.45, 2.75) is 45.4 Å². The number of ether oxygens (including phenoxy) is 2. The van der Waals surface area contributed by atoms with E-state index >= 15 is 0 Å². The van der Waals surface area contributed by atoms with Crippen LogP contribution in [-0.2, 0) is 14.3 Å². The van der Waals surface area contributed by atoms with Crippen LogP contribution in [0.5, 0.6) is 0 Å². The van der Waals surface area contributed by atoms with Gasteiger partial charge in [-0.25, -0.2) is 9.59 Å². The highest BCUT2D eigenvalue weighted by Crippen LogP contribution is 2.08. The summed E-state index contributed by atoms with van der Waals surface area (Å²) >= 11 is 0. The van der Waals surface area contributed by atoms with Gasteiger partial charge in [0.1, 0.15) is 11.6 Å². The third-order valence-electron chi connectivity index (χ3n) is 1.84. The highest BCUT2D eigenvalue weighted by molar-refractivity contribution is 5.82. The van der Waals surface area contributed by atoms with Gasteiger partial charge in [0.15, 0.2) is 0 Å². The van der Waals surface area contributed by atoms with Crippen molar-refractivity contribution in [3.8, 4) is 0 Å². The van der Waals surface area contributed by atoms with Crippen LogP contribution in [0.3, 0.4) is 0 Å². The van der Waals surface area contributed by atoms with Crippen LogP contribution < -0.4 is 5.32 Å². The summed E-state index contributed by atoms with van der Waals surface area (Å²) in [5.41, 5.74) is 7.63. The zero-order valence-corrected chi connectivity index (χ0v) is 11.1. The van der Waals surface area contributed by atoms with Gasteiger partial charge in [-0.05, 0) is 26.3 Å². The van der Waals surface area contributed by atoms with Crippen molar-refractivity contribution in [2.75, 3.05) is 7.11 Å². The molecule has 0 radical (unpaired) electrons. The number of methoxy groups -OCH3 is 1. The van der Waals surface area contributed by atoms with Crippen molar-refractivity contribution in [3.05, 3.63) is 10.4 Å². The third kappa shape index (κ3) is 5.95. The minimum Gasteiger partial charge on any atom is -0.467 e. The molecule has 1 amide bonds. The number of azide groups is 1. The first kappa shape index (κ1) is 16.1. The van der Waals surface area contributed by atoms with Crippen LogP contribution in [0.15, 0.2) is 5.11 Å². The molecule has 1 N–H and O–H groups in total. The second-order valence-electron chi connectivity index (χ2n) is 4.59. The van der Waals surface area contributed by atoms with Crippen molar-refractivity contribution in [3.63, 3.8) is 0 Å². The molecule has 0 aromatic rings. The zero-order chi connectivity index (χ0) is 14.3. The number of amides is 1. The Hall–Kier alpha value is -1.95. The fourth-order valence-corrected chi connectivity index (χ4v) is 1.09. The van der Waals surface area contributed by atoms with E-state index in [1.807, 2.05) is 0 Å². The number of carbonyl (C=O) groups excluding carboxylic acids is 2. The van der Waals surface area contributed by atoms with Gasteiger partial charge >= 0.3 is 12.1 Å². The van der Waals surface area contributed by atoms with Crippen molar-refractivity contribution >= 4 is 12.1 Å². The number of hydrogen-bond donors (Lipinski definition) is 1. The molecule has 0 bridgehead atoms. The summed E-state index contributed by atoms with van der Waals surface area (Å²) in [6.07, 6.45) is -0.780. The van der Waals surface area contributed by atoms with E-state index in [4.69, 9.17) is 10.3 Å². The molecular weight excluding hydrogens is 240 g/mol. The summed E-state index contributed by atoms with van der Waals surface area (Å²) in [6, 6.07) is -1.87. The molecule has 0 heterocycles. The molecule has 0 aromatic heterocycles. The summed E-state index contributed by atoms with van der Waals surface area (Å²) in [4.78, 5) is 25.6. The molecule has 102 valence electrons.